The second-order valence-electron chi connectivity index (χ2n) is 3.82. The fourth-order valence-corrected chi connectivity index (χ4v) is 1.32. The monoisotopic (exact) mass is 270 g/mol. The second-order valence-corrected chi connectivity index (χ2v) is 3.82. The van der Waals surface area contributed by atoms with Crippen LogP contribution in [0.15, 0.2) is 64.4 Å². The van der Waals surface area contributed by atoms with Crippen LogP contribution in [0, 0.1) is 0 Å². The molecule has 1 atom stereocenters. The van der Waals surface area contributed by atoms with E-state index in [1.54, 1.807) is 30.5 Å². The third-order valence-corrected chi connectivity index (χ3v) is 2.34. The Kier molecular flexibility index (Phi) is 6.56. The van der Waals surface area contributed by atoms with Crippen LogP contribution in [0.5, 0.6) is 0 Å². The average Bonchev–Trinajstić information content (AvgIpc) is 2.49. The first kappa shape index (κ1) is 15.5. The Bertz CT molecular complexity index is 530. The van der Waals surface area contributed by atoms with Gasteiger partial charge in [-0.25, -0.2) is 4.99 Å². The first-order chi connectivity index (χ1) is 9.69. The number of aromatic nitrogens is 1. The lowest BCUT2D eigenvalue weighted by atomic mass is 10.2. The topological polar surface area (TPSA) is 102 Å². The van der Waals surface area contributed by atoms with E-state index in [2.05, 4.69) is 33.5 Å². The Morgan fingerprint density at radius 1 is 1.40 bits per heavy atom. The van der Waals surface area contributed by atoms with Gasteiger partial charge in [-0.3, -0.25) is 4.98 Å². The van der Waals surface area contributed by atoms with Crippen molar-refractivity contribution < 1.29 is 0 Å². The summed E-state index contributed by atoms with van der Waals surface area (Å²) in [6, 6.07) is 4.94. The molecule has 0 aromatic carbocycles. The highest BCUT2D eigenvalue weighted by Gasteiger charge is 2.07. The number of hydrogen-bond acceptors (Lipinski definition) is 4. The van der Waals surface area contributed by atoms with E-state index in [4.69, 9.17) is 11.5 Å². The SMILES string of the molecule is C=C/C=C\CC(N)/C(N=C)=N/N=C(\N)c1ccccn1. The summed E-state index contributed by atoms with van der Waals surface area (Å²) in [6.45, 7) is 7.01. The molecule has 1 unspecified atom stereocenters. The number of aliphatic imine (C=N–C) groups is 1. The molecule has 1 aromatic rings. The zero-order valence-electron chi connectivity index (χ0n) is 11.2. The number of allylic oxidation sites excluding steroid dienone is 2. The number of pyridine rings is 1. The highest BCUT2D eigenvalue weighted by atomic mass is 15.3. The molecule has 0 radical (unpaired) electrons. The first-order valence-electron chi connectivity index (χ1n) is 6.01. The first-order valence-corrected chi connectivity index (χ1v) is 6.01. The number of nitrogens with zero attached hydrogens (tertiary/aromatic N) is 4. The van der Waals surface area contributed by atoms with Crippen molar-refractivity contribution in [3.8, 4) is 0 Å². The number of hydrogen-bond donors (Lipinski definition) is 2. The van der Waals surface area contributed by atoms with E-state index in [1.807, 2.05) is 12.1 Å². The fourth-order valence-electron chi connectivity index (χ4n) is 1.32. The van der Waals surface area contributed by atoms with Gasteiger partial charge in [-0.05, 0) is 25.3 Å². The van der Waals surface area contributed by atoms with Gasteiger partial charge in [0.25, 0.3) is 0 Å². The van der Waals surface area contributed by atoms with Crippen molar-refractivity contribution in [3.63, 3.8) is 0 Å². The summed E-state index contributed by atoms with van der Waals surface area (Å²) in [5.74, 6) is 0.512. The van der Waals surface area contributed by atoms with Gasteiger partial charge in [0.05, 0.1) is 6.04 Å². The van der Waals surface area contributed by atoms with Crippen LogP contribution in [0.25, 0.3) is 0 Å². The zero-order chi connectivity index (χ0) is 14.8. The van der Waals surface area contributed by atoms with Crippen molar-refractivity contribution in [3.05, 3.63) is 54.9 Å². The Morgan fingerprint density at radius 2 is 2.20 bits per heavy atom. The Hall–Kier alpha value is -2.60. The molecule has 20 heavy (non-hydrogen) atoms. The highest BCUT2D eigenvalue weighted by Crippen LogP contribution is 1.98. The van der Waals surface area contributed by atoms with Gasteiger partial charge in [-0.2, -0.15) is 0 Å². The molecule has 1 heterocycles. The van der Waals surface area contributed by atoms with Gasteiger partial charge >= 0.3 is 0 Å². The molecule has 0 aliphatic heterocycles. The van der Waals surface area contributed by atoms with E-state index in [-0.39, 0.29) is 5.84 Å². The molecule has 104 valence electrons. The Labute approximate surface area is 118 Å². The van der Waals surface area contributed by atoms with Crippen molar-refractivity contribution in [1.29, 1.82) is 0 Å². The molecule has 6 nitrogen and oxygen atoms in total. The van der Waals surface area contributed by atoms with Crippen molar-refractivity contribution in [2.75, 3.05) is 0 Å². The van der Waals surface area contributed by atoms with E-state index in [0.29, 0.717) is 18.0 Å². The summed E-state index contributed by atoms with van der Waals surface area (Å²) in [7, 11) is 0. The Morgan fingerprint density at radius 3 is 2.80 bits per heavy atom. The quantitative estimate of drug-likeness (QED) is 0.352. The molecule has 0 aliphatic rings. The molecule has 0 aliphatic carbocycles. The molecule has 0 spiro atoms. The van der Waals surface area contributed by atoms with E-state index in [1.165, 1.54) is 0 Å². The molecule has 0 saturated heterocycles. The summed E-state index contributed by atoms with van der Waals surface area (Å²) in [4.78, 5) is 7.83. The van der Waals surface area contributed by atoms with Crippen LogP contribution in [0.1, 0.15) is 12.1 Å². The maximum Gasteiger partial charge on any atom is 0.172 e. The third kappa shape index (κ3) is 4.95. The zero-order valence-corrected chi connectivity index (χ0v) is 11.2. The van der Waals surface area contributed by atoms with Crippen LogP contribution in [0.3, 0.4) is 0 Å². The molecule has 1 aromatic heterocycles. The molecule has 1 rings (SSSR count). The summed E-state index contributed by atoms with van der Waals surface area (Å²) < 4.78 is 0. The summed E-state index contributed by atoms with van der Waals surface area (Å²) >= 11 is 0. The van der Waals surface area contributed by atoms with Crippen molar-refractivity contribution in [1.82, 2.24) is 4.98 Å². The van der Waals surface area contributed by atoms with Crippen LogP contribution >= 0.6 is 0 Å². The number of amidine groups is 2. The normalized spacial score (nSPS) is 14.2. The molecule has 0 fully saturated rings. The van der Waals surface area contributed by atoms with Crippen LogP contribution < -0.4 is 11.5 Å². The second kappa shape index (κ2) is 8.49. The smallest absolute Gasteiger partial charge is 0.172 e. The van der Waals surface area contributed by atoms with E-state index in [9.17, 15) is 0 Å². The van der Waals surface area contributed by atoms with Crippen LogP contribution in [-0.2, 0) is 0 Å². The molecule has 0 amide bonds. The largest absolute Gasteiger partial charge is 0.380 e. The van der Waals surface area contributed by atoms with Gasteiger partial charge in [0.2, 0.25) is 0 Å². The fraction of sp³-hybridized carbons (Fsp3) is 0.143. The lowest BCUT2D eigenvalue weighted by Crippen LogP contribution is -2.28. The molecular formula is C14H18N6. The number of rotatable bonds is 6. The van der Waals surface area contributed by atoms with Gasteiger partial charge in [0.1, 0.15) is 5.69 Å². The van der Waals surface area contributed by atoms with E-state index < -0.39 is 6.04 Å². The maximum absolute atomic E-state index is 5.92. The molecule has 0 bridgehead atoms. The summed E-state index contributed by atoms with van der Waals surface area (Å²) in [6.07, 6.45) is 7.52. The predicted octanol–water partition coefficient (Wildman–Crippen LogP) is 1.26. The number of nitrogens with two attached hydrogens (primary N) is 2. The van der Waals surface area contributed by atoms with Crippen LogP contribution in [0.4, 0.5) is 0 Å². The van der Waals surface area contributed by atoms with Crippen molar-refractivity contribution in [2.45, 2.75) is 12.5 Å². The van der Waals surface area contributed by atoms with Crippen LogP contribution in [-0.4, -0.2) is 29.4 Å². The van der Waals surface area contributed by atoms with E-state index >= 15 is 0 Å². The van der Waals surface area contributed by atoms with E-state index in [0.717, 1.165) is 0 Å². The molecule has 6 heteroatoms. The minimum atomic E-state index is -0.399. The summed E-state index contributed by atoms with van der Waals surface area (Å²) in [5, 5.41) is 7.80. The summed E-state index contributed by atoms with van der Waals surface area (Å²) in [5.41, 5.74) is 12.2. The van der Waals surface area contributed by atoms with Crippen molar-refractivity contribution in [2.24, 2.45) is 26.7 Å². The minimum Gasteiger partial charge on any atom is -0.380 e. The van der Waals surface area contributed by atoms with Gasteiger partial charge in [-0.15, -0.1) is 10.2 Å². The maximum atomic E-state index is 5.92. The molecule has 0 saturated carbocycles. The Balaban J connectivity index is 2.81. The molecular weight excluding hydrogens is 252 g/mol. The minimum absolute atomic E-state index is 0.195. The van der Waals surface area contributed by atoms with Gasteiger partial charge in [0.15, 0.2) is 11.7 Å². The lowest BCUT2D eigenvalue weighted by molar-refractivity contribution is 0.860. The predicted molar refractivity (Wildman–Crippen MR) is 83.9 cm³/mol. The van der Waals surface area contributed by atoms with Gasteiger partial charge < -0.3 is 11.5 Å². The highest BCUT2D eigenvalue weighted by molar-refractivity contribution is 5.97. The van der Waals surface area contributed by atoms with Crippen molar-refractivity contribution >= 4 is 18.4 Å². The lowest BCUT2D eigenvalue weighted by Gasteiger charge is -2.06. The van der Waals surface area contributed by atoms with Crippen LogP contribution in [0.2, 0.25) is 0 Å². The van der Waals surface area contributed by atoms with Gasteiger partial charge in [-0.1, -0.05) is 30.9 Å². The standard InChI is InChI=1S/C14H18N6/c1-3-4-5-8-11(15)14(17-2)20-19-13(16)12-9-6-7-10-18-12/h3-7,9-11H,1-2,8,15H2,(H2,16,19)/b5-4-,20-14-. The third-order valence-electron chi connectivity index (χ3n) is 2.34. The van der Waals surface area contributed by atoms with Gasteiger partial charge in [0, 0.05) is 6.20 Å². The molecule has 4 N–H and O–H groups in total. The average molecular weight is 270 g/mol.